The predicted molar refractivity (Wildman–Crippen MR) is 112 cm³/mol. The number of non-ortho nitro benzene ring substituents is 1. The average Bonchev–Trinajstić information content (AvgIpc) is 2.68. The number of carbonyl (C=O) groups excluding carboxylic acids is 1. The van der Waals surface area contributed by atoms with Gasteiger partial charge in [0.15, 0.2) is 0 Å². The Morgan fingerprint density at radius 2 is 1.79 bits per heavy atom. The van der Waals surface area contributed by atoms with Crippen LogP contribution >= 0.6 is 11.6 Å². The third-order valence-electron chi connectivity index (χ3n) is 4.05. The zero-order valence-corrected chi connectivity index (χ0v) is 17.4. The highest BCUT2D eigenvalue weighted by molar-refractivity contribution is 7.89. The third-order valence-corrected chi connectivity index (χ3v) is 6.58. The second-order valence-electron chi connectivity index (χ2n) is 5.91. The maximum absolute atomic E-state index is 12.7. The Labute approximate surface area is 174 Å². The van der Waals surface area contributed by atoms with Gasteiger partial charge in [0.2, 0.25) is 15.9 Å². The van der Waals surface area contributed by atoms with Crippen LogP contribution in [0, 0.1) is 10.1 Å². The van der Waals surface area contributed by atoms with E-state index in [1.807, 2.05) is 0 Å². The molecule has 0 fully saturated rings. The van der Waals surface area contributed by atoms with Crippen molar-refractivity contribution < 1.29 is 18.1 Å². The first-order valence-electron chi connectivity index (χ1n) is 8.72. The number of carbonyl (C=O) groups is 1. The van der Waals surface area contributed by atoms with Crippen molar-refractivity contribution in [2.45, 2.75) is 18.7 Å². The molecule has 0 spiro atoms. The van der Waals surface area contributed by atoms with E-state index in [0.717, 1.165) is 0 Å². The molecule has 10 heteroatoms. The minimum atomic E-state index is -3.78. The van der Waals surface area contributed by atoms with Gasteiger partial charge in [-0.05, 0) is 42.0 Å². The Morgan fingerprint density at radius 1 is 1.17 bits per heavy atom. The van der Waals surface area contributed by atoms with Crippen LogP contribution < -0.4 is 5.32 Å². The van der Waals surface area contributed by atoms with E-state index in [4.69, 9.17) is 11.6 Å². The van der Waals surface area contributed by atoms with Crippen LogP contribution in [0.1, 0.15) is 19.4 Å². The molecular formula is C19H20ClN3O5S. The SMILES string of the molecule is CCN(CC)S(=O)(=O)c1cc(NC(=O)C=Cc2ccc([N+](=O)[O-])cc2)ccc1Cl. The van der Waals surface area contributed by atoms with Gasteiger partial charge < -0.3 is 5.32 Å². The first kappa shape index (κ1) is 22.5. The summed E-state index contributed by atoms with van der Waals surface area (Å²) in [6.45, 7) is 4.04. The number of amides is 1. The Morgan fingerprint density at radius 3 is 2.34 bits per heavy atom. The number of nitro benzene ring substituents is 1. The van der Waals surface area contributed by atoms with Crippen LogP contribution in [0.15, 0.2) is 53.4 Å². The summed E-state index contributed by atoms with van der Waals surface area (Å²) in [4.78, 5) is 22.2. The Bertz CT molecular complexity index is 1030. The highest BCUT2D eigenvalue weighted by Gasteiger charge is 2.24. The monoisotopic (exact) mass is 437 g/mol. The molecule has 0 aliphatic carbocycles. The lowest BCUT2D eigenvalue weighted by Gasteiger charge is -2.19. The molecule has 1 N–H and O–H groups in total. The van der Waals surface area contributed by atoms with Crippen LogP contribution in [0.25, 0.3) is 6.08 Å². The predicted octanol–water partition coefficient (Wildman–Crippen LogP) is 3.93. The molecule has 0 aliphatic rings. The smallest absolute Gasteiger partial charge is 0.269 e. The molecule has 0 bridgehead atoms. The summed E-state index contributed by atoms with van der Waals surface area (Å²) in [7, 11) is -3.78. The van der Waals surface area contributed by atoms with Gasteiger partial charge in [0.1, 0.15) is 4.90 Å². The van der Waals surface area contributed by atoms with E-state index >= 15 is 0 Å². The number of halogens is 1. The summed E-state index contributed by atoms with van der Waals surface area (Å²) < 4.78 is 26.7. The number of anilines is 1. The quantitative estimate of drug-likeness (QED) is 0.382. The molecule has 0 atom stereocenters. The van der Waals surface area contributed by atoms with E-state index < -0.39 is 20.9 Å². The number of sulfonamides is 1. The van der Waals surface area contributed by atoms with Crippen LogP contribution in [0.3, 0.4) is 0 Å². The lowest BCUT2D eigenvalue weighted by Crippen LogP contribution is -2.30. The molecule has 0 saturated heterocycles. The molecule has 0 radical (unpaired) electrons. The maximum Gasteiger partial charge on any atom is 0.269 e. The van der Waals surface area contributed by atoms with E-state index in [-0.39, 0.29) is 21.3 Å². The summed E-state index contributed by atoms with van der Waals surface area (Å²) in [6.07, 6.45) is 2.73. The molecule has 0 aliphatic heterocycles. The van der Waals surface area contributed by atoms with Crippen LogP contribution in [0.2, 0.25) is 5.02 Å². The normalized spacial score (nSPS) is 11.7. The average molecular weight is 438 g/mol. The molecule has 8 nitrogen and oxygen atoms in total. The van der Waals surface area contributed by atoms with E-state index in [9.17, 15) is 23.3 Å². The van der Waals surface area contributed by atoms with Crippen molar-refractivity contribution in [3.63, 3.8) is 0 Å². The molecule has 1 amide bonds. The van der Waals surface area contributed by atoms with Gasteiger partial charge in [0.25, 0.3) is 5.69 Å². The first-order chi connectivity index (χ1) is 13.7. The van der Waals surface area contributed by atoms with Gasteiger partial charge in [-0.15, -0.1) is 0 Å². The molecule has 2 rings (SSSR count). The van der Waals surface area contributed by atoms with Crippen molar-refractivity contribution in [1.29, 1.82) is 0 Å². The number of hydrogen-bond donors (Lipinski definition) is 1. The number of benzene rings is 2. The Hall–Kier alpha value is -2.75. The number of nitro groups is 1. The molecule has 2 aromatic carbocycles. The standard InChI is InChI=1S/C19H20ClN3O5S/c1-3-22(4-2)29(27,28)18-13-15(8-11-17(18)20)21-19(24)12-7-14-5-9-16(10-6-14)23(25)26/h5-13H,3-4H2,1-2H3,(H,21,24). The van der Waals surface area contributed by atoms with Crippen molar-refractivity contribution >= 4 is 45.0 Å². The van der Waals surface area contributed by atoms with Crippen molar-refractivity contribution in [1.82, 2.24) is 4.31 Å². The molecule has 2 aromatic rings. The van der Waals surface area contributed by atoms with Gasteiger partial charge in [0.05, 0.1) is 9.95 Å². The number of hydrogen-bond acceptors (Lipinski definition) is 5. The molecule has 29 heavy (non-hydrogen) atoms. The van der Waals surface area contributed by atoms with E-state index in [1.54, 1.807) is 13.8 Å². The second-order valence-corrected chi connectivity index (χ2v) is 8.22. The summed E-state index contributed by atoms with van der Waals surface area (Å²) in [5.74, 6) is -0.489. The second kappa shape index (κ2) is 9.64. The minimum absolute atomic E-state index is 0.0466. The van der Waals surface area contributed by atoms with E-state index in [2.05, 4.69) is 5.32 Å². The lowest BCUT2D eigenvalue weighted by molar-refractivity contribution is -0.384. The first-order valence-corrected chi connectivity index (χ1v) is 10.5. The summed E-state index contributed by atoms with van der Waals surface area (Å²) >= 11 is 6.07. The van der Waals surface area contributed by atoms with Gasteiger partial charge in [-0.2, -0.15) is 4.31 Å². The van der Waals surface area contributed by atoms with Crippen LogP contribution in [0.5, 0.6) is 0 Å². The number of nitrogens with zero attached hydrogens (tertiary/aromatic N) is 2. The fraction of sp³-hybridized carbons (Fsp3) is 0.211. The van der Waals surface area contributed by atoms with Crippen molar-refractivity contribution in [3.8, 4) is 0 Å². The molecule has 0 heterocycles. The molecular weight excluding hydrogens is 418 g/mol. The van der Waals surface area contributed by atoms with Crippen molar-refractivity contribution in [2.75, 3.05) is 18.4 Å². The maximum atomic E-state index is 12.7. The van der Waals surface area contributed by atoms with Gasteiger partial charge in [-0.25, -0.2) is 8.42 Å². The fourth-order valence-corrected chi connectivity index (χ4v) is 4.50. The van der Waals surface area contributed by atoms with Gasteiger partial charge >= 0.3 is 0 Å². The van der Waals surface area contributed by atoms with E-state index in [1.165, 1.54) is 58.9 Å². The highest BCUT2D eigenvalue weighted by atomic mass is 35.5. The molecule has 154 valence electrons. The van der Waals surface area contributed by atoms with Crippen LogP contribution in [0.4, 0.5) is 11.4 Å². The highest BCUT2D eigenvalue weighted by Crippen LogP contribution is 2.27. The van der Waals surface area contributed by atoms with Gasteiger partial charge in [0, 0.05) is 37.0 Å². The topological polar surface area (TPSA) is 110 Å². The third kappa shape index (κ3) is 5.63. The summed E-state index contributed by atoms with van der Waals surface area (Å²) in [5.41, 5.74) is 0.833. The van der Waals surface area contributed by atoms with Gasteiger partial charge in [-0.3, -0.25) is 14.9 Å². The van der Waals surface area contributed by atoms with Gasteiger partial charge in [-0.1, -0.05) is 25.4 Å². The fourth-order valence-electron chi connectivity index (χ4n) is 2.54. The van der Waals surface area contributed by atoms with Crippen LogP contribution in [-0.4, -0.2) is 36.6 Å². The van der Waals surface area contributed by atoms with E-state index in [0.29, 0.717) is 18.7 Å². The van der Waals surface area contributed by atoms with Crippen LogP contribution in [-0.2, 0) is 14.8 Å². The van der Waals surface area contributed by atoms with Crippen molar-refractivity contribution in [2.24, 2.45) is 0 Å². The molecule has 0 saturated carbocycles. The number of rotatable bonds is 8. The Kier molecular flexibility index (Phi) is 7.49. The number of nitrogens with one attached hydrogen (secondary N) is 1. The summed E-state index contributed by atoms with van der Waals surface area (Å²) in [6, 6.07) is 9.92. The molecule has 0 aromatic heterocycles. The largest absolute Gasteiger partial charge is 0.322 e. The minimum Gasteiger partial charge on any atom is -0.322 e. The zero-order chi connectivity index (χ0) is 21.6. The molecule has 0 unspecified atom stereocenters. The summed E-state index contributed by atoms with van der Waals surface area (Å²) in [5, 5.41) is 13.3. The zero-order valence-electron chi connectivity index (χ0n) is 15.8. The Balaban J connectivity index is 2.17. The lowest BCUT2D eigenvalue weighted by atomic mass is 10.2. The van der Waals surface area contributed by atoms with Crippen molar-refractivity contribution in [3.05, 3.63) is 69.2 Å².